The van der Waals surface area contributed by atoms with E-state index >= 15 is 0 Å². The van der Waals surface area contributed by atoms with Crippen molar-refractivity contribution in [1.82, 2.24) is 15.1 Å². The molecule has 2 N–H and O–H groups in total. The summed E-state index contributed by atoms with van der Waals surface area (Å²) in [6.07, 6.45) is 3.39. The molecule has 0 saturated heterocycles. The van der Waals surface area contributed by atoms with Crippen LogP contribution in [0.5, 0.6) is 0 Å². The van der Waals surface area contributed by atoms with Gasteiger partial charge in [-0.05, 0) is 28.1 Å². The topological polar surface area (TPSA) is 59.0 Å². The summed E-state index contributed by atoms with van der Waals surface area (Å²) in [5.41, 5.74) is -0.108. The van der Waals surface area contributed by atoms with Crippen LogP contribution >= 0.6 is 15.9 Å². The molecule has 0 aliphatic rings. The molecule has 1 aromatic carbocycles. The van der Waals surface area contributed by atoms with Crippen LogP contribution in [0.25, 0.3) is 0 Å². The molecule has 20 heavy (non-hydrogen) atoms. The molecule has 1 aromatic heterocycles. The molecule has 0 saturated carbocycles. The summed E-state index contributed by atoms with van der Waals surface area (Å²) >= 11 is 2.99. The van der Waals surface area contributed by atoms with Gasteiger partial charge in [-0.2, -0.15) is 5.10 Å². The molecule has 1 heterocycles. The van der Waals surface area contributed by atoms with E-state index in [1.165, 1.54) is 0 Å². The van der Waals surface area contributed by atoms with Crippen molar-refractivity contribution in [3.8, 4) is 0 Å². The summed E-state index contributed by atoms with van der Waals surface area (Å²) in [6.45, 7) is 0.821. The third-order valence-corrected chi connectivity index (χ3v) is 3.06. The standard InChI is InChI=1S/C12H11BrF2N4O/c13-9-6-8(14)7-10(15)11(9)18-12(20)16-3-5-19-4-1-2-17-19/h1-2,4,6-7H,3,5H2,(H2,16,18,20). The number of benzene rings is 1. The van der Waals surface area contributed by atoms with Gasteiger partial charge in [-0.3, -0.25) is 4.68 Å². The van der Waals surface area contributed by atoms with Gasteiger partial charge in [-0.1, -0.05) is 0 Å². The van der Waals surface area contributed by atoms with E-state index in [-0.39, 0.29) is 10.2 Å². The number of rotatable bonds is 4. The van der Waals surface area contributed by atoms with Crippen molar-refractivity contribution in [1.29, 1.82) is 0 Å². The highest BCUT2D eigenvalue weighted by Crippen LogP contribution is 2.26. The zero-order valence-electron chi connectivity index (χ0n) is 10.2. The van der Waals surface area contributed by atoms with Gasteiger partial charge in [0.1, 0.15) is 5.82 Å². The number of carbonyl (C=O) groups is 1. The highest BCUT2D eigenvalue weighted by Gasteiger charge is 2.12. The molecule has 0 spiro atoms. The van der Waals surface area contributed by atoms with Crippen LogP contribution in [0.4, 0.5) is 19.3 Å². The second-order valence-corrected chi connectivity index (χ2v) is 4.75. The van der Waals surface area contributed by atoms with Crippen LogP contribution in [-0.2, 0) is 6.54 Å². The summed E-state index contributed by atoms with van der Waals surface area (Å²) in [5.74, 6) is -1.57. The summed E-state index contributed by atoms with van der Waals surface area (Å²) in [7, 11) is 0. The quantitative estimate of drug-likeness (QED) is 0.895. The van der Waals surface area contributed by atoms with Gasteiger partial charge in [0.15, 0.2) is 5.82 Å². The highest BCUT2D eigenvalue weighted by atomic mass is 79.9. The van der Waals surface area contributed by atoms with E-state index in [2.05, 4.69) is 31.7 Å². The molecular formula is C12H11BrF2N4O. The van der Waals surface area contributed by atoms with Gasteiger partial charge in [0.25, 0.3) is 0 Å². The van der Waals surface area contributed by atoms with Crippen LogP contribution in [0.3, 0.4) is 0 Å². The Morgan fingerprint density at radius 2 is 2.20 bits per heavy atom. The molecule has 2 rings (SSSR count). The van der Waals surface area contributed by atoms with Crippen LogP contribution in [0.15, 0.2) is 35.1 Å². The molecule has 0 aliphatic carbocycles. The van der Waals surface area contributed by atoms with Gasteiger partial charge < -0.3 is 10.6 Å². The molecule has 0 bridgehead atoms. The van der Waals surface area contributed by atoms with Crippen molar-refractivity contribution in [3.05, 3.63) is 46.7 Å². The monoisotopic (exact) mass is 344 g/mol. The first-order valence-corrected chi connectivity index (χ1v) is 6.52. The van der Waals surface area contributed by atoms with Crippen molar-refractivity contribution < 1.29 is 13.6 Å². The van der Waals surface area contributed by atoms with E-state index in [0.717, 1.165) is 6.07 Å². The largest absolute Gasteiger partial charge is 0.336 e. The van der Waals surface area contributed by atoms with Crippen molar-refractivity contribution in [3.63, 3.8) is 0 Å². The predicted molar refractivity (Wildman–Crippen MR) is 73.3 cm³/mol. The average molecular weight is 345 g/mol. The van der Waals surface area contributed by atoms with Gasteiger partial charge in [-0.25, -0.2) is 13.6 Å². The summed E-state index contributed by atoms with van der Waals surface area (Å²) in [6, 6.07) is 2.96. The van der Waals surface area contributed by atoms with Crippen LogP contribution in [0.1, 0.15) is 0 Å². The van der Waals surface area contributed by atoms with E-state index in [1.807, 2.05) is 0 Å². The maximum Gasteiger partial charge on any atom is 0.319 e. The van der Waals surface area contributed by atoms with Crippen LogP contribution in [-0.4, -0.2) is 22.4 Å². The molecule has 2 amide bonds. The van der Waals surface area contributed by atoms with Crippen molar-refractivity contribution in [2.75, 3.05) is 11.9 Å². The number of carbonyl (C=O) groups excluding carboxylic acids is 1. The Labute approximate surface area is 122 Å². The van der Waals surface area contributed by atoms with E-state index in [1.54, 1.807) is 23.1 Å². The molecule has 2 aromatic rings. The Morgan fingerprint density at radius 1 is 1.40 bits per heavy atom. The van der Waals surface area contributed by atoms with Gasteiger partial charge in [0.05, 0.1) is 12.2 Å². The van der Waals surface area contributed by atoms with Crippen LogP contribution < -0.4 is 10.6 Å². The lowest BCUT2D eigenvalue weighted by Gasteiger charge is -2.10. The first kappa shape index (κ1) is 14.4. The van der Waals surface area contributed by atoms with Crippen molar-refractivity contribution in [2.45, 2.75) is 6.54 Å². The Bertz CT molecular complexity index is 581. The summed E-state index contributed by atoms with van der Waals surface area (Å²) < 4.78 is 28.2. The van der Waals surface area contributed by atoms with Gasteiger partial charge in [0, 0.05) is 29.5 Å². The maximum absolute atomic E-state index is 13.5. The minimum Gasteiger partial charge on any atom is -0.336 e. The Balaban J connectivity index is 1.88. The van der Waals surface area contributed by atoms with E-state index in [0.29, 0.717) is 19.2 Å². The first-order chi connectivity index (χ1) is 9.56. The molecule has 8 heteroatoms. The van der Waals surface area contributed by atoms with Gasteiger partial charge >= 0.3 is 6.03 Å². The minimum atomic E-state index is -0.848. The van der Waals surface area contributed by atoms with E-state index < -0.39 is 17.7 Å². The summed E-state index contributed by atoms with van der Waals surface area (Å²) in [4.78, 5) is 11.6. The van der Waals surface area contributed by atoms with E-state index in [4.69, 9.17) is 0 Å². The van der Waals surface area contributed by atoms with Crippen molar-refractivity contribution in [2.24, 2.45) is 0 Å². The van der Waals surface area contributed by atoms with Gasteiger partial charge in [-0.15, -0.1) is 0 Å². The fourth-order valence-electron chi connectivity index (χ4n) is 1.54. The number of urea groups is 1. The van der Waals surface area contributed by atoms with Crippen molar-refractivity contribution >= 4 is 27.6 Å². The highest BCUT2D eigenvalue weighted by molar-refractivity contribution is 9.10. The lowest BCUT2D eigenvalue weighted by Crippen LogP contribution is -2.32. The SMILES string of the molecule is O=C(NCCn1cccn1)Nc1c(F)cc(F)cc1Br. The molecular weight excluding hydrogens is 334 g/mol. The predicted octanol–water partition coefficient (Wildman–Crippen LogP) is 2.75. The molecule has 0 radical (unpaired) electrons. The maximum atomic E-state index is 13.5. The zero-order valence-corrected chi connectivity index (χ0v) is 11.8. The Hall–Kier alpha value is -1.96. The van der Waals surface area contributed by atoms with E-state index in [9.17, 15) is 13.6 Å². The van der Waals surface area contributed by atoms with Crippen LogP contribution in [0, 0.1) is 11.6 Å². The average Bonchev–Trinajstić information content (AvgIpc) is 2.87. The number of halogens is 3. The normalized spacial score (nSPS) is 10.3. The lowest BCUT2D eigenvalue weighted by atomic mass is 10.3. The number of anilines is 1. The molecule has 0 aliphatic heterocycles. The Kier molecular flexibility index (Phi) is 4.67. The number of amides is 2. The number of nitrogens with one attached hydrogen (secondary N) is 2. The first-order valence-electron chi connectivity index (χ1n) is 5.73. The fraction of sp³-hybridized carbons (Fsp3) is 0.167. The number of hydrogen-bond acceptors (Lipinski definition) is 2. The number of nitrogens with zero attached hydrogens (tertiary/aromatic N) is 2. The third-order valence-electron chi connectivity index (χ3n) is 2.43. The third kappa shape index (κ3) is 3.77. The molecule has 0 fully saturated rings. The number of aromatic nitrogens is 2. The summed E-state index contributed by atoms with van der Waals surface area (Å²) in [5, 5.41) is 8.83. The second kappa shape index (κ2) is 6.47. The Morgan fingerprint density at radius 3 is 2.85 bits per heavy atom. The van der Waals surface area contributed by atoms with Gasteiger partial charge in [0.2, 0.25) is 0 Å². The molecule has 106 valence electrons. The molecule has 0 atom stereocenters. The zero-order chi connectivity index (χ0) is 14.5. The number of hydrogen-bond donors (Lipinski definition) is 2. The second-order valence-electron chi connectivity index (χ2n) is 3.89. The fourth-order valence-corrected chi connectivity index (χ4v) is 2.04. The minimum absolute atomic E-state index is 0.108. The lowest BCUT2D eigenvalue weighted by molar-refractivity contribution is 0.251. The van der Waals surface area contributed by atoms with Crippen LogP contribution in [0.2, 0.25) is 0 Å². The molecule has 0 unspecified atom stereocenters. The smallest absolute Gasteiger partial charge is 0.319 e. The molecule has 5 nitrogen and oxygen atoms in total.